The highest BCUT2D eigenvalue weighted by Gasteiger charge is 2.22. The maximum absolute atomic E-state index is 12.2. The zero-order valence-corrected chi connectivity index (χ0v) is 12.7. The molecule has 1 aromatic heterocycles. The molecule has 1 amide bonds. The lowest BCUT2D eigenvalue weighted by Crippen LogP contribution is -2.48. The van der Waals surface area contributed by atoms with Crippen molar-refractivity contribution in [2.24, 2.45) is 0 Å². The lowest BCUT2D eigenvalue weighted by Gasteiger charge is -2.10. The quantitative estimate of drug-likeness (QED) is 0.856. The summed E-state index contributed by atoms with van der Waals surface area (Å²) < 4.78 is 7.07. The molecule has 0 bridgehead atoms. The van der Waals surface area contributed by atoms with Crippen LogP contribution in [0.2, 0.25) is 0 Å². The Hall–Kier alpha value is -2.36. The number of hydrogen-bond acceptors (Lipinski definition) is 2. The number of pyridine rings is 1. The van der Waals surface area contributed by atoms with Crippen LogP contribution in [0.4, 0.5) is 0 Å². The number of carbonyl (C=O) groups is 1. The van der Waals surface area contributed by atoms with Crippen LogP contribution in [0.3, 0.4) is 0 Å². The van der Waals surface area contributed by atoms with E-state index >= 15 is 0 Å². The summed E-state index contributed by atoms with van der Waals surface area (Å²) in [6.45, 7) is 4.41. The third-order valence-corrected chi connectivity index (χ3v) is 3.52. The molecule has 0 radical (unpaired) electrons. The Morgan fingerprint density at radius 3 is 2.57 bits per heavy atom. The summed E-state index contributed by atoms with van der Waals surface area (Å²) in [7, 11) is 1.64. The molecular formula is C17H21N2O2+. The average Bonchev–Trinajstić information content (AvgIpc) is 2.53. The number of nitrogens with zero attached hydrogens (tertiary/aromatic N) is 1. The first-order chi connectivity index (χ1) is 10.1. The van der Waals surface area contributed by atoms with Gasteiger partial charge in [-0.05, 0) is 17.7 Å². The standard InChI is InChI=1S/C17H20N2O2/c1-13-6-4-5-11-19(13)14(2)17(20)18-12-15-7-9-16(21-3)10-8-15/h4-11,14H,12H2,1-3H3/p+1/t14-/m1/s1. The number of hydrogen-bond donors (Lipinski definition) is 1. The van der Waals surface area contributed by atoms with Crippen molar-refractivity contribution in [2.75, 3.05) is 7.11 Å². The van der Waals surface area contributed by atoms with E-state index in [1.165, 1.54) is 0 Å². The van der Waals surface area contributed by atoms with Crippen molar-refractivity contribution in [3.63, 3.8) is 0 Å². The van der Waals surface area contributed by atoms with E-state index in [0.29, 0.717) is 6.54 Å². The van der Waals surface area contributed by atoms with Crippen LogP contribution in [0.15, 0.2) is 48.7 Å². The molecule has 4 heteroatoms. The molecule has 21 heavy (non-hydrogen) atoms. The fourth-order valence-corrected chi connectivity index (χ4v) is 2.18. The number of nitrogens with one attached hydrogen (secondary N) is 1. The number of rotatable bonds is 5. The van der Waals surface area contributed by atoms with Crippen LogP contribution in [-0.2, 0) is 11.3 Å². The van der Waals surface area contributed by atoms with Gasteiger partial charge >= 0.3 is 0 Å². The summed E-state index contributed by atoms with van der Waals surface area (Å²) in [4.78, 5) is 12.2. The second-order valence-corrected chi connectivity index (χ2v) is 4.99. The van der Waals surface area contributed by atoms with Gasteiger partial charge in [-0.1, -0.05) is 18.2 Å². The minimum Gasteiger partial charge on any atom is -0.497 e. The van der Waals surface area contributed by atoms with Crippen molar-refractivity contribution in [1.82, 2.24) is 5.32 Å². The summed E-state index contributed by atoms with van der Waals surface area (Å²) in [5, 5.41) is 2.96. The van der Waals surface area contributed by atoms with Crippen molar-refractivity contribution in [1.29, 1.82) is 0 Å². The van der Waals surface area contributed by atoms with Gasteiger partial charge in [0, 0.05) is 32.5 Å². The fourth-order valence-electron chi connectivity index (χ4n) is 2.18. The number of ether oxygens (including phenoxy) is 1. The minimum atomic E-state index is -0.232. The highest BCUT2D eigenvalue weighted by atomic mass is 16.5. The Labute approximate surface area is 125 Å². The summed E-state index contributed by atoms with van der Waals surface area (Å²) in [5.74, 6) is 0.819. The van der Waals surface area contributed by atoms with Gasteiger partial charge in [0.25, 0.3) is 5.91 Å². The molecule has 1 N–H and O–H groups in total. The molecule has 0 aliphatic carbocycles. The van der Waals surface area contributed by atoms with E-state index in [2.05, 4.69) is 5.32 Å². The Bertz CT molecular complexity index is 608. The maximum Gasteiger partial charge on any atom is 0.289 e. The Kier molecular flexibility index (Phi) is 4.93. The highest BCUT2D eigenvalue weighted by Crippen LogP contribution is 2.11. The average molecular weight is 285 g/mol. The monoisotopic (exact) mass is 285 g/mol. The van der Waals surface area contributed by atoms with Crippen LogP contribution in [-0.4, -0.2) is 13.0 Å². The number of amides is 1. The van der Waals surface area contributed by atoms with Gasteiger partial charge in [0.2, 0.25) is 6.04 Å². The molecule has 0 aliphatic heterocycles. The number of methoxy groups -OCH3 is 1. The van der Waals surface area contributed by atoms with Gasteiger partial charge in [-0.25, -0.2) is 0 Å². The lowest BCUT2D eigenvalue weighted by atomic mass is 10.2. The summed E-state index contributed by atoms with van der Waals surface area (Å²) >= 11 is 0. The zero-order chi connectivity index (χ0) is 15.2. The van der Waals surface area contributed by atoms with E-state index in [4.69, 9.17) is 4.74 Å². The van der Waals surface area contributed by atoms with Gasteiger partial charge in [-0.2, -0.15) is 4.57 Å². The number of benzene rings is 1. The van der Waals surface area contributed by atoms with E-state index < -0.39 is 0 Å². The van der Waals surface area contributed by atoms with Crippen LogP contribution in [0.25, 0.3) is 0 Å². The molecular weight excluding hydrogens is 264 g/mol. The van der Waals surface area contributed by atoms with Gasteiger partial charge in [0.15, 0.2) is 11.9 Å². The Balaban J connectivity index is 1.96. The molecule has 1 atom stereocenters. The minimum absolute atomic E-state index is 0.00474. The predicted octanol–water partition coefficient (Wildman–Crippen LogP) is 2.17. The largest absolute Gasteiger partial charge is 0.497 e. The summed E-state index contributed by atoms with van der Waals surface area (Å²) in [5.41, 5.74) is 2.11. The first-order valence-corrected chi connectivity index (χ1v) is 6.99. The zero-order valence-electron chi connectivity index (χ0n) is 12.7. The molecule has 0 saturated heterocycles. The molecule has 0 saturated carbocycles. The molecule has 0 spiro atoms. The highest BCUT2D eigenvalue weighted by molar-refractivity contribution is 5.78. The molecule has 0 unspecified atom stereocenters. The normalized spacial score (nSPS) is 11.8. The second-order valence-electron chi connectivity index (χ2n) is 4.99. The molecule has 0 aliphatic rings. The number of aromatic nitrogens is 1. The van der Waals surface area contributed by atoms with E-state index in [1.807, 2.05) is 67.1 Å². The third kappa shape index (κ3) is 3.81. The summed E-state index contributed by atoms with van der Waals surface area (Å²) in [6, 6.07) is 13.3. The van der Waals surface area contributed by atoms with Crippen molar-refractivity contribution < 1.29 is 14.1 Å². The third-order valence-electron chi connectivity index (χ3n) is 3.52. The fraction of sp³-hybridized carbons (Fsp3) is 0.294. The number of carbonyl (C=O) groups excluding carboxylic acids is 1. The van der Waals surface area contributed by atoms with E-state index in [9.17, 15) is 4.79 Å². The molecule has 110 valence electrons. The molecule has 4 nitrogen and oxygen atoms in total. The Morgan fingerprint density at radius 2 is 1.95 bits per heavy atom. The smallest absolute Gasteiger partial charge is 0.289 e. The second kappa shape index (κ2) is 6.88. The van der Waals surface area contributed by atoms with Crippen molar-refractivity contribution in [3.05, 3.63) is 59.9 Å². The van der Waals surface area contributed by atoms with Crippen LogP contribution < -0.4 is 14.6 Å². The first-order valence-electron chi connectivity index (χ1n) is 6.99. The van der Waals surface area contributed by atoms with Crippen LogP contribution in [0, 0.1) is 6.92 Å². The maximum atomic E-state index is 12.2. The van der Waals surface area contributed by atoms with E-state index in [1.54, 1.807) is 7.11 Å². The van der Waals surface area contributed by atoms with Gasteiger partial charge < -0.3 is 10.1 Å². The van der Waals surface area contributed by atoms with Crippen molar-refractivity contribution in [3.8, 4) is 5.75 Å². The van der Waals surface area contributed by atoms with Gasteiger partial charge in [0.05, 0.1) is 7.11 Å². The SMILES string of the molecule is COc1ccc(CNC(=O)[C@@H](C)[n+]2ccccc2C)cc1. The van der Waals surface area contributed by atoms with Crippen LogP contribution in [0.1, 0.15) is 24.2 Å². The van der Waals surface area contributed by atoms with Gasteiger partial charge in [0.1, 0.15) is 5.75 Å². The topological polar surface area (TPSA) is 42.2 Å². The molecule has 1 heterocycles. The van der Waals surface area contributed by atoms with Gasteiger partial charge in [-0.3, -0.25) is 4.79 Å². The van der Waals surface area contributed by atoms with Crippen molar-refractivity contribution >= 4 is 5.91 Å². The van der Waals surface area contributed by atoms with Crippen LogP contribution >= 0.6 is 0 Å². The van der Waals surface area contributed by atoms with E-state index in [-0.39, 0.29) is 11.9 Å². The predicted molar refractivity (Wildman–Crippen MR) is 80.9 cm³/mol. The first kappa shape index (κ1) is 15.0. The molecule has 2 rings (SSSR count). The molecule has 1 aromatic carbocycles. The van der Waals surface area contributed by atoms with E-state index in [0.717, 1.165) is 17.0 Å². The Morgan fingerprint density at radius 1 is 1.24 bits per heavy atom. The molecule has 2 aromatic rings. The van der Waals surface area contributed by atoms with Crippen LogP contribution in [0.5, 0.6) is 5.75 Å². The molecule has 0 fully saturated rings. The number of aryl methyl sites for hydroxylation is 1. The summed E-state index contributed by atoms with van der Waals surface area (Å²) in [6.07, 6.45) is 1.92. The lowest BCUT2D eigenvalue weighted by molar-refractivity contribution is -0.711. The van der Waals surface area contributed by atoms with Gasteiger partial charge in [-0.15, -0.1) is 0 Å². The van der Waals surface area contributed by atoms with Crippen molar-refractivity contribution in [2.45, 2.75) is 26.4 Å².